The molecule has 0 unspecified atom stereocenters. The van der Waals surface area contributed by atoms with Crippen molar-refractivity contribution in [1.29, 1.82) is 0 Å². The fourth-order valence-corrected chi connectivity index (χ4v) is 6.08. The van der Waals surface area contributed by atoms with E-state index in [2.05, 4.69) is 0 Å². The lowest BCUT2D eigenvalue weighted by atomic mass is 9.71. The van der Waals surface area contributed by atoms with Crippen molar-refractivity contribution in [3.63, 3.8) is 0 Å². The summed E-state index contributed by atoms with van der Waals surface area (Å²) >= 11 is 6.75. The predicted molar refractivity (Wildman–Crippen MR) is 142 cm³/mol. The number of Topliss-reactive ketones (excluding diaryl/α,β-unsaturated/α-hetero) is 2. The van der Waals surface area contributed by atoms with E-state index in [1.54, 1.807) is 6.07 Å². The summed E-state index contributed by atoms with van der Waals surface area (Å²) in [4.78, 5) is 40.2. The third-order valence-corrected chi connectivity index (χ3v) is 7.73. The van der Waals surface area contributed by atoms with Crippen molar-refractivity contribution in [2.24, 2.45) is 0 Å². The molecule has 0 saturated heterocycles. The molecule has 0 fully saturated rings. The van der Waals surface area contributed by atoms with Crippen molar-refractivity contribution in [3.8, 4) is 11.5 Å². The number of carboxylic acids is 1. The maximum absolute atomic E-state index is 13.4. The van der Waals surface area contributed by atoms with E-state index in [4.69, 9.17) is 21.1 Å². The molecule has 1 aliphatic heterocycles. The SMILES string of the molecule is COc1cc(C2C3=C(CCCC3=O)N(CCC(=O)O)C3=C2C(=O)CCC3)cc(Cl)c1OCc1ccccc1. The molecule has 2 aliphatic carbocycles. The molecular formula is C30H30ClNO6. The van der Waals surface area contributed by atoms with Crippen LogP contribution >= 0.6 is 11.6 Å². The molecular weight excluding hydrogens is 506 g/mol. The maximum Gasteiger partial charge on any atom is 0.305 e. The van der Waals surface area contributed by atoms with Gasteiger partial charge in [0, 0.05) is 47.8 Å². The fraction of sp³-hybridized carbons (Fsp3) is 0.367. The summed E-state index contributed by atoms with van der Waals surface area (Å²) in [5.74, 6) is -0.692. The Labute approximate surface area is 226 Å². The minimum atomic E-state index is -0.914. The van der Waals surface area contributed by atoms with Crippen LogP contribution in [0.15, 0.2) is 65.0 Å². The Kier molecular flexibility index (Phi) is 7.56. The van der Waals surface area contributed by atoms with Crippen LogP contribution in [0.1, 0.15) is 62.0 Å². The van der Waals surface area contributed by atoms with Crippen LogP contribution in [0.2, 0.25) is 5.02 Å². The number of hydrogen-bond donors (Lipinski definition) is 1. The van der Waals surface area contributed by atoms with Crippen LogP contribution in [0.3, 0.4) is 0 Å². The standard InChI is InChI=1S/C30H30ClNO6/c1-37-25-16-19(15-20(31)30(25)38-17-18-7-3-2-4-8-18)27-28-21(9-5-11-23(28)33)32(14-13-26(35)36)22-10-6-12-24(34)29(22)27/h2-4,7-8,15-16,27H,5-6,9-14,17H2,1H3,(H,35,36). The average Bonchev–Trinajstić information content (AvgIpc) is 2.91. The molecule has 2 aromatic rings. The Morgan fingerprint density at radius 3 is 2.21 bits per heavy atom. The van der Waals surface area contributed by atoms with Crippen molar-refractivity contribution in [3.05, 3.63) is 81.2 Å². The molecule has 5 rings (SSSR count). The second-order valence-electron chi connectivity index (χ2n) is 9.81. The lowest BCUT2D eigenvalue weighted by Gasteiger charge is -2.44. The number of carbonyl (C=O) groups is 3. The zero-order chi connectivity index (χ0) is 26.8. The van der Waals surface area contributed by atoms with E-state index in [1.807, 2.05) is 41.3 Å². The second kappa shape index (κ2) is 11.0. The first-order valence-electron chi connectivity index (χ1n) is 12.9. The van der Waals surface area contributed by atoms with Gasteiger partial charge in [-0.1, -0.05) is 41.9 Å². The van der Waals surface area contributed by atoms with Crippen LogP contribution in [-0.4, -0.2) is 41.2 Å². The van der Waals surface area contributed by atoms with Gasteiger partial charge in [0.2, 0.25) is 0 Å². The van der Waals surface area contributed by atoms with Gasteiger partial charge in [0.1, 0.15) is 6.61 Å². The minimum Gasteiger partial charge on any atom is -0.493 e. The normalized spacial score (nSPS) is 17.9. The maximum atomic E-state index is 13.4. The van der Waals surface area contributed by atoms with Crippen molar-refractivity contribution >= 4 is 29.1 Å². The van der Waals surface area contributed by atoms with E-state index in [0.717, 1.165) is 17.0 Å². The molecule has 0 saturated carbocycles. The molecule has 0 radical (unpaired) electrons. The number of rotatable bonds is 8. The molecule has 1 N–H and O–H groups in total. The van der Waals surface area contributed by atoms with Crippen molar-refractivity contribution in [2.45, 2.75) is 57.5 Å². The number of carboxylic acid groups (broad SMARTS) is 1. The van der Waals surface area contributed by atoms with Crippen LogP contribution < -0.4 is 9.47 Å². The molecule has 0 amide bonds. The van der Waals surface area contributed by atoms with Gasteiger partial charge in [-0.05, 0) is 48.9 Å². The number of aliphatic carboxylic acids is 1. The summed E-state index contributed by atoms with van der Waals surface area (Å²) in [6, 6.07) is 13.3. The zero-order valence-corrected chi connectivity index (χ0v) is 22.1. The first-order valence-corrected chi connectivity index (χ1v) is 13.3. The van der Waals surface area contributed by atoms with E-state index in [0.29, 0.717) is 78.4 Å². The van der Waals surface area contributed by atoms with Crippen LogP contribution in [0.4, 0.5) is 0 Å². The van der Waals surface area contributed by atoms with Crippen LogP contribution in [0, 0.1) is 0 Å². The van der Waals surface area contributed by atoms with Gasteiger partial charge in [0.15, 0.2) is 23.1 Å². The lowest BCUT2D eigenvalue weighted by molar-refractivity contribution is -0.137. The summed E-state index contributed by atoms with van der Waals surface area (Å²) in [5.41, 5.74) is 4.50. The van der Waals surface area contributed by atoms with Crippen molar-refractivity contribution in [2.75, 3.05) is 13.7 Å². The zero-order valence-electron chi connectivity index (χ0n) is 21.3. The Morgan fingerprint density at radius 1 is 1.00 bits per heavy atom. The summed E-state index contributed by atoms with van der Waals surface area (Å²) in [6.45, 7) is 0.538. The summed E-state index contributed by atoms with van der Waals surface area (Å²) in [5, 5.41) is 9.70. The number of hydrogen-bond acceptors (Lipinski definition) is 6. The number of carbonyl (C=O) groups excluding carboxylic acids is 2. The number of allylic oxidation sites excluding steroid dienone is 4. The Hall–Kier alpha value is -3.58. The molecule has 8 heteroatoms. The quantitative estimate of drug-likeness (QED) is 0.455. The number of halogens is 1. The van der Waals surface area contributed by atoms with Gasteiger partial charge in [-0.3, -0.25) is 14.4 Å². The lowest BCUT2D eigenvalue weighted by Crippen LogP contribution is -2.39. The highest BCUT2D eigenvalue weighted by atomic mass is 35.5. The molecule has 0 atom stereocenters. The van der Waals surface area contributed by atoms with E-state index in [-0.39, 0.29) is 24.5 Å². The molecule has 3 aliphatic rings. The van der Waals surface area contributed by atoms with Crippen LogP contribution in [-0.2, 0) is 21.0 Å². The summed E-state index contributed by atoms with van der Waals surface area (Å²) < 4.78 is 11.7. The van der Waals surface area contributed by atoms with Gasteiger partial charge in [0.25, 0.3) is 0 Å². The van der Waals surface area contributed by atoms with Gasteiger partial charge in [-0.2, -0.15) is 0 Å². The number of methoxy groups -OCH3 is 1. The van der Waals surface area contributed by atoms with E-state index in [9.17, 15) is 19.5 Å². The van der Waals surface area contributed by atoms with E-state index >= 15 is 0 Å². The van der Waals surface area contributed by atoms with Gasteiger partial charge < -0.3 is 19.5 Å². The highest BCUT2D eigenvalue weighted by Gasteiger charge is 2.43. The third-order valence-electron chi connectivity index (χ3n) is 7.45. The monoisotopic (exact) mass is 535 g/mol. The second-order valence-corrected chi connectivity index (χ2v) is 10.2. The first-order chi connectivity index (χ1) is 18.4. The molecule has 2 aromatic carbocycles. The molecule has 0 aromatic heterocycles. The van der Waals surface area contributed by atoms with Gasteiger partial charge in [0.05, 0.1) is 18.6 Å². The average molecular weight is 536 g/mol. The number of nitrogens with zero attached hydrogens (tertiary/aromatic N) is 1. The largest absolute Gasteiger partial charge is 0.493 e. The van der Waals surface area contributed by atoms with E-state index in [1.165, 1.54) is 7.11 Å². The van der Waals surface area contributed by atoms with Crippen molar-refractivity contribution < 1.29 is 29.0 Å². The molecule has 38 heavy (non-hydrogen) atoms. The fourth-order valence-electron chi connectivity index (χ4n) is 5.80. The van der Waals surface area contributed by atoms with Crippen molar-refractivity contribution in [1.82, 2.24) is 4.90 Å². The Balaban J connectivity index is 1.60. The number of ether oxygens (including phenoxy) is 2. The number of ketones is 2. The number of benzene rings is 2. The smallest absolute Gasteiger partial charge is 0.305 e. The topological polar surface area (TPSA) is 93.1 Å². The Bertz CT molecular complexity index is 1300. The molecule has 1 heterocycles. The van der Waals surface area contributed by atoms with Crippen LogP contribution in [0.25, 0.3) is 0 Å². The molecule has 0 spiro atoms. The van der Waals surface area contributed by atoms with Crippen LogP contribution in [0.5, 0.6) is 11.5 Å². The van der Waals surface area contributed by atoms with Gasteiger partial charge in [-0.15, -0.1) is 0 Å². The summed E-state index contributed by atoms with van der Waals surface area (Å²) in [7, 11) is 1.53. The highest BCUT2D eigenvalue weighted by molar-refractivity contribution is 6.32. The molecule has 0 bridgehead atoms. The summed E-state index contributed by atoms with van der Waals surface area (Å²) in [6.07, 6.45) is 3.41. The molecule has 198 valence electrons. The highest BCUT2D eigenvalue weighted by Crippen LogP contribution is 2.51. The third kappa shape index (κ3) is 4.95. The predicted octanol–water partition coefficient (Wildman–Crippen LogP) is 5.82. The van der Waals surface area contributed by atoms with E-state index < -0.39 is 11.9 Å². The Morgan fingerprint density at radius 2 is 1.63 bits per heavy atom. The first kappa shape index (κ1) is 26.0. The minimum absolute atomic E-state index is 0.0130. The molecule has 7 nitrogen and oxygen atoms in total. The van der Waals surface area contributed by atoms with Gasteiger partial charge >= 0.3 is 5.97 Å². The van der Waals surface area contributed by atoms with Gasteiger partial charge in [-0.25, -0.2) is 0 Å².